The van der Waals surface area contributed by atoms with E-state index >= 15 is 0 Å². The summed E-state index contributed by atoms with van der Waals surface area (Å²) in [5, 5.41) is 3.31. The zero-order valence-electron chi connectivity index (χ0n) is 9.67. The lowest BCUT2D eigenvalue weighted by Gasteiger charge is -2.34. The Labute approximate surface area is 92.2 Å². The van der Waals surface area contributed by atoms with Gasteiger partial charge in [-0.25, -0.2) is 0 Å². The van der Waals surface area contributed by atoms with Crippen molar-refractivity contribution in [3.8, 4) is 0 Å². The highest BCUT2D eigenvalue weighted by atomic mass is 16.2. The van der Waals surface area contributed by atoms with Crippen LogP contribution in [-0.4, -0.2) is 37.0 Å². The largest absolute Gasteiger partial charge is 0.342 e. The van der Waals surface area contributed by atoms with Gasteiger partial charge in [0.05, 0.1) is 0 Å². The molecule has 0 spiro atoms. The van der Waals surface area contributed by atoms with Crippen molar-refractivity contribution in [1.82, 2.24) is 10.2 Å². The lowest BCUT2D eigenvalue weighted by atomic mass is 9.93. The van der Waals surface area contributed by atoms with Gasteiger partial charge in [-0.15, -0.1) is 0 Å². The highest BCUT2D eigenvalue weighted by molar-refractivity contribution is 5.79. The molecule has 2 fully saturated rings. The minimum Gasteiger partial charge on any atom is -0.342 e. The standard InChI is InChI=1S/C12H22N2O/c1-10-3-2-8-14(9-10)12(15)11-4-6-13-7-5-11/h10-11,13H,2-9H2,1H3/t10-/m0/s1. The third-order valence-electron chi connectivity index (χ3n) is 3.66. The Kier molecular flexibility index (Phi) is 3.62. The fourth-order valence-corrected chi connectivity index (χ4v) is 2.72. The van der Waals surface area contributed by atoms with Gasteiger partial charge in [-0.3, -0.25) is 4.79 Å². The Morgan fingerprint density at radius 2 is 2.00 bits per heavy atom. The molecule has 0 radical (unpaired) electrons. The van der Waals surface area contributed by atoms with Crippen LogP contribution in [0.4, 0.5) is 0 Å². The van der Waals surface area contributed by atoms with Crippen LogP contribution in [0, 0.1) is 11.8 Å². The first-order valence-electron chi connectivity index (χ1n) is 6.27. The van der Waals surface area contributed by atoms with E-state index < -0.39 is 0 Å². The van der Waals surface area contributed by atoms with Gasteiger partial charge in [0, 0.05) is 19.0 Å². The molecule has 0 aromatic carbocycles. The second-order valence-corrected chi connectivity index (χ2v) is 5.06. The van der Waals surface area contributed by atoms with E-state index in [-0.39, 0.29) is 0 Å². The van der Waals surface area contributed by atoms with Crippen LogP contribution in [0.5, 0.6) is 0 Å². The van der Waals surface area contributed by atoms with Gasteiger partial charge >= 0.3 is 0 Å². The molecule has 1 N–H and O–H groups in total. The molecule has 0 aromatic heterocycles. The van der Waals surface area contributed by atoms with Gasteiger partial charge in [-0.1, -0.05) is 6.92 Å². The molecule has 0 aromatic rings. The van der Waals surface area contributed by atoms with Gasteiger partial charge in [0.1, 0.15) is 0 Å². The minimum atomic E-state index is 0.302. The molecule has 2 aliphatic rings. The molecule has 1 amide bonds. The number of nitrogens with zero attached hydrogens (tertiary/aromatic N) is 1. The second-order valence-electron chi connectivity index (χ2n) is 5.06. The first-order valence-corrected chi connectivity index (χ1v) is 6.27. The number of rotatable bonds is 1. The molecule has 2 saturated heterocycles. The number of hydrogen-bond donors (Lipinski definition) is 1. The van der Waals surface area contributed by atoms with Crippen LogP contribution >= 0.6 is 0 Å². The summed E-state index contributed by atoms with van der Waals surface area (Å²) in [6.07, 6.45) is 4.54. The van der Waals surface area contributed by atoms with Crippen LogP contribution in [0.15, 0.2) is 0 Å². The SMILES string of the molecule is C[C@H]1CCCN(C(=O)C2CCNCC2)C1. The van der Waals surface area contributed by atoms with Crippen LogP contribution in [0.3, 0.4) is 0 Å². The number of piperidine rings is 2. The molecule has 2 aliphatic heterocycles. The number of likely N-dealkylation sites (tertiary alicyclic amines) is 1. The lowest BCUT2D eigenvalue weighted by Crippen LogP contribution is -2.45. The fourth-order valence-electron chi connectivity index (χ4n) is 2.72. The van der Waals surface area contributed by atoms with Gasteiger partial charge in [-0.2, -0.15) is 0 Å². The zero-order chi connectivity index (χ0) is 10.7. The smallest absolute Gasteiger partial charge is 0.225 e. The summed E-state index contributed by atoms with van der Waals surface area (Å²) < 4.78 is 0. The maximum Gasteiger partial charge on any atom is 0.225 e. The van der Waals surface area contributed by atoms with Crippen LogP contribution in [-0.2, 0) is 4.79 Å². The molecule has 1 atom stereocenters. The molecule has 2 heterocycles. The van der Waals surface area contributed by atoms with Crippen molar-refractivity contribution in [3.63, 3.8) is 0 Å². The second kappa shape index (κ2) is 4.97. The molecule has 3 heteroatoms. The molecule has 0 bridgehead atoms. The predicted molar refractivity (Wildman–Crippen MR) is 60.6 cm³/mol. The number of amides is 1. The molecule has 2 rings (SSSR count). The topological polar surface area (TPSA) is 32.3 Å². The van der Waals surface area contributed by atoms with Crippen LogP contribution in [0.1, 0.15) is 32.6 Å². The van der Waals surface area contributed by atoms with E-state index in [0.717, 1.165) is 39.0 Å². The summed E-state index contributed by atoms with van der Waals surface area (Å²) in [7, 11) is 0. The van der Waals surface area contributed by atoms with Crippen molar-refractivity contribution in [2.45, 2.75) is 32.6 Å². The third kappa shape index (κ3) is 2.71. The number of carbonyl (C=O) groups excluding carboxylic acids is 1. The van der Waals surface area contributed by atoms with Crippen LogP contribution < -0.4 is 5.32 Å². The van der Waals surface area contributed by atoms with E-state index in [9.17, 15) is 4.79 Å². The highest BCUT2D eigenvalue weighted by Gasteiger charge is 2.28. The van der Waals surface area contributed by atoms with Gasteiger partial charge in [-0.05, 0) is 44.7 Å². The summed E-state index contributed by atoms with van der Waals surface area (Å²) in [6.45, 7) is 6.26. The van der Waals surface area contributed by atoms with Crippen molar-refractivity contribution in [3.05, 3.63) is 0 Å². The van der Waals surface area contributed by atoms with Crippen molar-refractivity contribution >= 4 is 5.91 Å². The minimum absolute atomic E-state index is 0.302. The molecule has 86 valence electrons. The predicted octanol–water partition coefficient (Wildman–Crippen LogP) is 1.24. The molecule has 0 saturated carbocycles. The summed E-state index contributed by atoms with van der Waals surface area (Å²) >= 11 is 0. The Balaban J connectivity index is 1.88. The lowest BCUT2D eigenvalue weighted by molar-refractivity contribution is -0.138. The molecular formula is C12H22N2O. The maximum atomic E-state index is 12.2. The Morgan fingerprint density at radius 1 is 1.27 bits per heavy atom. The van der Waals surface area contributed by atoms with Gasteiger partial charge < -0.3 is 10.2 Å². The molecule has 0 unspecified atom stereocenters. The number of nitrogens with one attached hydrogen (secondary N) is 1. The Morgan fingerprint density at radius 3 is 2.67 bits per heavy atom. The quantitative estimate of drug-likeness (QED) is 0.706. The van der Waals surface area contributed by atoms with E-state index in [1.54, 1.807) is 0 Å². The normalized spacial score (nSPS) is 29.1. The van der Waals surface area contributed by atoms with Gasteiger partial charge in [0.25, 0.3) is 0 Å². The zero-order valence-corrected chi connectivity index (χ0v) is 9.67. The Bertz CT molecular complexity index is 224. The summed E-state index contributed by atoms with van der Waals surface area (Å²) in [4.78, 5) is 14.3. The van der Waals surface area contributed by atoms with E-state index in [2.05, 4.69) is 17.1 Å². The molecule has 15 heavy (non-hydrogen) atoms. The van der Waals surface area contributed by atoms with Crippen LogP contribution in [0.25, 0.3) is 0 Å². The van der Waals surface area contributed by atoms with Crippen LogP contribution in [0.2, 0.25) is 0 Å². The first kappa shape index (κ1) is 10.9. The van der Waals surface area contributed by atoms with E-state index in [4.69, 9.17) is 0 Å². The number of hydrogen-bond acceptors (Lipinski definition) is 2. The van der Waals surface area contributed by atoms with E-state index in [1.807, 2.05) is 0 Å². The van der Waals surface area contributed by atoms with E-state index in [0.29, 0.717) is 17.7 Å². The van der Waals surface area contributed by atoms with Crippen molar-refractivity contribution in [1.29, 1.82) is 0 Å². The third-order valence-corrected chi connectivity index (χ3v) is 3.66. The average molecular weight is 210 g/mol. The summed E-state index contributed by atoms with van der Waals surface area (Å²) in [5.41, 5.74) is 0. The van der Waals surface area contributed by atoms with Gasteiger partial charge in [0.15, 0.2) is 0 Å². The average Bonchev–Trinajstić information content (AvgIpc) is 2.29. The highest BCUT2D eigenvalue weighted by Crippen LogP contribution is 2.21. The Hall–Kier alpha value is -0.570. The summed E-state index contributed by atoms with van der Waals surface area (Å²) in [5.74, 6) is 1.42. The fraction of sp³-hybridized carbons (Fsp3) is 0.917. The van der Waals surface area contributed by atoms with Crippen molar-refractivity contribution < 1.29 is 4.79 Å². The monoisotopic (exact) mass is 210 g/mol. The molecular weight excluding hydrogens is 188 g/mol. The van der Waals surface area contributed by atoms with E-state index in [1.165, 1.54) is 12.8 Å². The first-order chi connectivity index (χ1) is 7.27. The van der Waals surface area contributed by atoms with Crippen molar-refractivity contribution in [2.75, 3.05) is 26.2 Å². The van der Waals surface area contributed by atoms with Crippen molar-refractivity contribution in [2.24, 2.45) is 11.8 Å². The number of carbonyl (C=O) groups is 1. The summed E-state index contributed by atoms with van der Waals surface area (Å²) in [6, 6.07) is 0. The molecule has 3 nitrogen and oxygen atoms in total. The van der Waals surface area contributed by atoms with Gasteiger partial charge in [0.2, 0.25) is 5.91 Å². The molecule has 0 aliphatic carbocycles. The maximum absolute atomic E-state index is 12.2.